The number of nitrogens with one attached hydrogen (secondary N) is 1. The van der Waals surface area contributed by atoms with Gasteiger partial charge in [0.1, 0.15) is 0 Å². The van der Waals surface area contributed by atoms with Gasteiger partial charge < -0.3 is 5.32 Å². The molecule has 1 fully saturated rings. The van der Waals surface area contributed by atoms with Gasteiger partial charge in [-0.25, -0.2) is 0 Å². The Morgan fingerprint density at radius 1 is 1.54 bits per heavy atom. The summed E-state index contributed by atoms with van der Waals surface area (Å²) in [5, 5.41) is 2.95. The number of hydrogen-bond donors (Lipinski definition) is 1. The van der Waals surface area contributed by atoms with Crippen molar-refractivity contribution >= 4 is 35.3 Å². The Labute approximate surface area is 87.8 Å². The fourth-order valence-electron chi connectivity index (χ4n) is 0.965. The van der Waals surface area contributed by atoms with Crippen molar-refractivity contribution in [2.45, 2.75) is 6.92 Å². The Kier molecular flexibility index (Phi) is 6.11. The maximum atomic E-state index is 11.0. The summed E-state index contributed by atoms with van der Waals surface area (Å²) in [6, 6.07) is 0. The lowest BCUT2D eigenvalue weighted by molar-refractivity contribution is -0.124. The third-order valence-corrected chi connectivity index (χ3v) is 2.46. The first kappa shape index (κ1) is 12.7. The molecule has 1 N–H and O–H groups in total. The molecule has 0 aliphatic carbocycles. The van der Waals surface area contributed by atoms with Crippen molar-refractivity contribution in [1.82, 2.24) is 10.2 Å². The van der Waals surface area contributed by atoms with E-state index in [4.69, 9.17) is 0 Å². The van der Waals surface area contributed by atoms with Gasteiger partial charge >= 0.3 is 0 Å². The van der Waals surface area contributed by atoms with Crippen LogP contribution in [0.3, 0.4) is 0 Å². The number of halogens is 1. The molecule has 0 unspecified atom stereocenters. The number of hydrogen-bond acceptors (Lipinski definition) is 4. The van der Waals surface area contributed by atoms with Crippen molar-refractivity contribution in [2.75, 3.05) is 25.4 Å². The van der Waals surface area contributed by atoms with Crippen LogP contribution in [0.2, 0.25) is 0 Å². The second-order valence-corrected chi connectivity index (χ2v) is 3.38. The van der Waals surface area contributed by atoms with Crippen LogP contribution in [0.25, 0.3) is 0 Å². The molecule has 1 saturated heterocycles. The van der Waals surface area contributed by atoms with Crippen LogP contribution in [0.5, 0.6) is 0 Å². The summed E-state index contributed by atoms with van der Waals surface area (Å²) in [5.41, 5.74) is 0. The van der Waals surface area contributed by atoms with Crippen LogP contribution in [0.1, 0.15) is 6.92 Å². The molecular formula is C7H13ClN2O2S. The highest BCUT2D eigenvalue weighted by atomic mass is 35.5. The molecular weight excluding hydrogens is 212 g/mol. The number of carbonyl (C=O) groups is 2. The van der Waals surface area contributed by atoms with Crippen LogP contribution >= 0.6 is 24.2 Å². The first-order valence-electron chi connectivity index (χ1n) is 3.93. The molecule has 1 aliphatic rings. The lowest BCUT2D eigenvalue weighted by Gasteiger charge is -2.11. The molecule has 1 aliphatic heterocycles. The number of carbonyl (C=O) groups excluding carboxylic acids is 2. The lowest BCUT2D eigenvalue weighted by atomic mass is 10.5. The van der Waals surface area contributed by atoms with Crippen LogP contribution in [-0.4, -0.2) is 41.4 Å². The van der Waals surface area contributed by atoms with Gasteiger partial charge in [-0.2, -0.15) is 0 Å². The van der Waals surface area contributed by atoms with Gasteiger partial charge in [0, 0.05) is 13.1 Å². The summed E-state index contributed by atoms with van der Waals surface area (Å²) in [6.45, 7) is 4.04. The molecule has 0 bridgehead atoms. The Morgan fingerprint density at radius 2 is 2.23 bits per heavy atom. The van der Waals surface area contributed by atoms with E-state index in [1.54, 1.807) is 0 Å². The maximum Gasteiger partial charge on any atom is 0.288 e. The smallest absolute Gasteiger partial charge is 0.288 e. The molecule has 0 radical (unpaired) electrons. The third-order valence-electron chi connectivity index (χ3n) is 1.60. The number of likely N-dealkylation sites (N-methyl/N-ethyl adjacent to an activating group) is 1. The Bertz CT molecular complexity index is 185. The van der Waals surface area contributed by atoms with Gasteiger partial charge in [-0.15, -0.1) is 12.4 Å². The van der Waals surface area contributed by atoms with Crippen molar-refractivity contribution in [3.05, 3.63) is 0 Å². The standard InChI is InChI=1S/C7H12N2O2S.ClH/c1-2-8-3-4-9-6(10)5-12-7(9)11;/h8H,2-5H2,1H3;1H. The van der Waals surface area contributed by atoms with Crippen LogP contribution in [0, 0.1) is 0 Å². The van der Waals surface area contributed by atoms with E-state index in [9.17, 15) is 9.59 Å². The zero-order valence-electron chi connectivity index (χ0n) is 7.41. The van der Waals surface area contributed by atoms with Crippen LogP contribution in [0.15, 0.2) is 0 Å². The zero-order chi connectivity index (χ0) is 8.97. The molecule has 76 valence electrons. The van der Waals surface area contributed by atoms with Crippen molar-refractivity contribution < 1.29 is 9.59 Å². The van der Waals surface area contributed by atoms with Gasteiger partial charge in [0.2, 0.25) is 5.91 Å². The number of imide groups is 1. The Morgan fingerprint density at radius 3 is 2.69 bits per heavy atom. The van der Waals surface area contributed by atoms with Gasteiger partial charge in [0.05, 0.1) is 5.75 Å². The summed E-state index contributed by atoms with van der Waals surface area (Å²) in [4.78, 5) is 23.4. The molecule has 0 spiro atoms. The van der Waals surface area contributed by atoms with Gasteiger partial charge in [0.25, 0.3) is 5.24 Å². The normalized spacial score (nSPS) is 16.2. The van der Waals surface area contributed by atoms with E-state index in [1.165, 1.54) is 4.90 Å². The minimum atomic E-state index is -0.113. The van der Waals surface area contributed by atoms with Gasteiger partial charge in [-0.3, -0.25) is 14.5 Å². The second kappa shape index (κ2) is 6.23. The number of thioether (sulfide) groups is 1. The predicted octanol–water partition coefficient (Wildman–Crippen LogP) is 0.713. The average Bonchev–Trinajstić information content (AvgIpc) is 2.35. The molecule has 0 atom stereocenters. The Hall–Kier alpha value is -0.260. The van der Waals surface area contributed by atoms with E-state index in [2.05, 4.69) is 5.32 Å². The average molecular weight is 225 g/mol. The summed E-state index contributed by atoms with van der Waals surface area (Å²) in [7, 11) is 0. The largest absolute Gasteiger partial charge is 0.315 e. The van der Waals surface area contributed by atoms with Crippen LogP contribution in [0.4, 0.5) is 4.79 Å². The second-order valence-electron chi connectivity index (χ2n) is 2.45. The molecule has 0 saturated carbocycles. The molecule has 0 aromatic heterocycles. The minimum absolute atomic E-state index is 0. The molecule has 13 heavy (non-hydrogen) atoms. The predicted molar refractivity (Wildman–Crippen MR) is 55.4 cm³/mol. The molecule has 0 aromatic rings. The fraction of sp³-hybridized carbons (Fsp3) is 0.714. The van der Waals surface area contributed by atoms with Crippen LogP contribution < -0.4 is 5.32 Å². The van der Waals surface area contributed by atoms with Gasteiger partial charge in [-0.1, -0.05) is 18.7 Å². The summed E-state index contributed by atoms with van der Waals surface area (Å²) in [5.74, 6) is 0.244. The van der Waals surface area contributed by atoms with Crippen molar-refractivity contribution in [1.29, 1.82) is 0 Å². The summed E-state index contributed by atoms with van der Waals surface area (Å²) in [6.07, 6.45) is 0. The summed E-state index contributed by atoms with van der Waals surface area (Å²) >= 11 is 1.08. The lowest BCUT2D eigenvalue weighted by Crippen LogP contribution is -2.35. The molecule has 1 rings (SSSR count). The topological polar surface area (TPSA) is 49.4 Å². The van der Waals surface area contributed by atoms with E-state index in [0.717, 1.165) is 18.3 Å². The Balaban J connectivity index is 0.00000144. The first-order valence-corrected chi connectivity index (χ1v) is 4.92. The highest BCUT2D eigenvalue weighted by Crippen LogP contribution is 2.17. The number of amides is 2. The summed E-state index contributed by atoms with van der Waals surface area (Å²) < 4.78 is 0. The molecule has 6 heteroatoms. The fourth-order valence-corrected chi connectivity index (χ4v) is 1.72. The van der Waals surface area contributed by atoms with Crippen molar-refractivity contribution in [2.24, 2.45) is 0 Å². The van der Waals surface area contributed by atoms with Crippen LogP contribution in [-0.2, 0) is 4.79 Å². The van der Waals surface area contributed by atoms with Gasteiger partial charge in [-0.05, 0) is 6.54 Å². The first-order chi connectivity index (χ1) is 5.75. The van der Waals surface area contributed by atoms with E-state index < -0.39 is 0 Å². The van der Waals surface area contributed by atoms with Crippen molar-refractivity contribution in [3.63, 3.8) is 0 Å². The quantitative estimate of drug-likeness (QED) is 0.715. The molecule has 4 nitrogen and oxygen atoms in total. The molecule has 1 heterocycles. The molecule has 0 aromatic carbocycles. The molecule has 2 amide bonds. The zero-order valence-corrected chi connectivity index (χ0v) is 9.04. The van der Waals surface area contributed by atoms with Crippen molar-refractivity contribution in [3.8, 4) is 0 Å². The van der Waals surface area contributed by atoms with E-state index in [0.29, 0.717) is 18.8 Å². The minimum Gasteiger partial charge on any atom is -0.315 e. The highest BCUT2D eigenvalue weighted by Gasteiger charge is 2.28. The van der Waals surface area contributed by atoms with Gasteiger partial charge in [0.15, 0.2) is 0 Å². The van der Waals surface area contributed by atoms with E-state index in [1.807, 2.05) is 6.92 Å². The SMILES string of the molecule is CCNCCN1C(=O)CSC1=O.Cl. The van der Waals surface area contributed by atoms with E-state index >= 15 is 0 Å². The highest BCUT2D eigenvalue weighted by molar-refractivity contribution is 8.14. The third kappa shape index (κ3) is 3.54. The van der Waals surface area contributed by atoms with E-state index in [-0.39, 0.29) is 23.6 Å². The number of rotatable bonds is 4. The maximum absolute atomic E-state index is 11.0. The monoisotopic (exact) mass is 224 g/mol. The number of nitrogens with zero attached hydrogens (tertiary/aromatic N) is 1.